The van der Waals surface area contributed by atoms with E-state index >= 15 is 0 Å². The zero-order valence-electron chi connectivity index (χ0n) is 16.7. The highest BCUT2D eigenvalue weighted by atomic mass is 32.2. The Balaban J connectivity index is 2.02. The van der Waals surface area contributed by atoms with Gasteiger partial charge in [-0.3, -0.25) is 10.1 Å². The molecule has 0 bridgehead atoms. The molecule has 8 nitrogen and oxygen atoms in total. The lowest BCUT2D eigenvalue weighted by Crippen LogP contribution is -2.13. The summed E-state index contributed by atoms with van der Waals surface area (Å²) in [5.41, 5.74) is 1.27. The summed E-state index contributed by atoms with van der Waals surface area (Å²) >= 11 is 0. The van der Waals surface area contributed by atoms with Gasteiger partial charge in [0.1, 0.15) is 4.90 Å². The van der Waals surface area contributed by atoms with Crippen LogP contribution in [0.2, 0.25) is 0 Å². The molecule has 0 saturated heterocycles. The number of hydrogen-bond donors (Lipinski definition) is 0. The highest BCUT2D eigenvalue weighted by Gasteiger charge is 2.24. The van der Waals surface area contributed by atoms with Crippen molar-refractivity contribution in [2.75, 3.05) is 0 Å². The van der Waals surface area contributed by atoms with Gasteiger partial charge in [-0.25, -0.2) is 8.42 Å². The Morgan fingerprint density at radius 1 is 0.806 bits per heavy atom. The molecule has 0 heterocycles. The minimum absolute atomic E-state index is 0.0122. The van der Waals surface area contributed by atoms with E-state index in [1.54, 1.807) is 31.2 Å². The van der Waals surface area contributed by atoms with E-state index < -0.39 is 42.1 Å². The fourth-order valence-electron chi connectivity index (χ4n) is 2.76. The van der Waals surface area contributed by atoms with Gasteiger partial charge in [0.05, 0.1) is 21.6 Å². The van der Waals surface area contributed by atoms with E-state index in [0.29, 0.717) is 0 Å². The molecule has 3 aromatic carbocycles. The minimum Gasteiger partial charge on any atom is -0.378 e. The van der Waals surface area contributed by atoms with Crippen LogP contribution in [0.1, 0.15) is 16.7 Å². The zero-order chi connectivity index (χ0) is 22.8. The van der Waals surface area contributed by atoms with E-state index in [4.69, 9.17) is 4.18 Å². The standard InChI is InChI=1S/C21H19NO7S2/c1-15-3-9-19(10-4-15)30(25,26)14-17-7-8-18(22(23)24)13-21(17)29-31(27,28)20-11-5-16(2)6-12-20/h3-13H,14H2,1-2H3. The number of hydrogen-bond acceptors (Lipinski definition) is 7. The Morgan fingerprint density at radius 3 is 1.84 bits per heavy atom. The van der Waals surface area contributed by atoms with Crippen LogP contribution < -0.4 is 4.18 Å². The first-order valence-corrected chi connectivity index (χ1v) is 12.1. The van der Waals surface area contributed by atoms with Crippen molar-refractivity contribution in [1.29, 1.82) is 0 Å². The van der Waals surface area contributed by atoms with Gasteiger partial charge in [-0.2, -0.15) is 8.42 Å². The first-order chi connectivity index (χ1) is 14.5. The summed E-state index contributed by atoms with van der Waals surface area (Å²) in [5, 5.41) is 11.2. The SMILES string of the molecule is Cc1ccc(S(=O)(=O)Cc2ccc([N+](=O)[O-])cc2OS(=O)(=O)c2ccc(C)cc2)cc1. The van der Waals surface area contributed by atoms with E-state index in [2.05, 4.69) is 0 Å². The number of rotatable bonds is 7. The summed E-state index contributed by atoms with van der Waals surface area (Å²) in [6.45, 7) is 3.60. The lowest BCUT2D eigenvalue weighted by atomic mass is 10.2. The Labute approximate surface area is 180 Å². The highest BCUT2D eigenvalue weighted by molar-refractivity contribution is 7.90. The number of benzene rings is 3. The number of nitrogens with zero attached hydrogens (tertiary/aromatic N) is 1. The maximum atomic E-state index is 12.8. The first kappa shape index (κ1) is 22.4. The van der Waals surface area contributed by atoms with Gasteiger partial charge in [0, 0.05) is 11.6 Å². The van der Waals surface area contributed by atoms with Crippen molar-refractivity contribution < 1.29 is 25.9 Å². The van der Waals surface area contributed by atoms with Gasteiger partial charge in [0.2, 0.25) is 0 Å². The molecular weight excluding hydrogens is 442 g/mol. The van der Waals surface area contributed by atoms with E-state index in [1.807, 2.05) is 6.92 Å². The maximum Gasteiger partial charge on any atom is 0.339 e. The normalized spacial score (nSPS) is 11.8. The molecule has 3 aromatic rings. The van der Waals surface area contributed by atoms with Crippen LogP contribution in [0.4, 0.5) is 5.69 Å². The quantitative estimate of drug-likeness (QED) is 0.297. The van der Waals surface area contributed by atoms with E-state index in [1.165, 1.54) is 30.3 Å². The van der Waals surface area contributed by atoms with Crippen LogP contribution in [-0.4, -0.2) is 21.8 Å². The minimum atomic E-state index is -4.34. The van der Waals surface area contributed by atoms with Crippen molar-refractivity contribution in [2.45, 2.75) is 29.4 Å². The zero-order valence-corrected chi connectivity index (χ0v) is 18.3. The van der Waals surface area contributed by atoms with E-state index in [-0.39, 0.29) is 15.4 Å². The Hall–Kier alpha value is -3.24. The third kappa shape index (κ3) is 5.28. The average Bonchev–Trinajstić information content (AvgIpc) is 2.69. The summed E-state index contributed by atoms with van der Waals surface area (Å²) < 4.78 is 56.1. The molecule has 0 spiro atoms. The van der Waals surface area contributed by atoms with Crippen molar-refractivity contribution in [3.05, 3.63) is 93.5 Å². The molecule has 0 aliphatic heterocycles. The topological polar surface area (TPSA) is 121 Å². The van der Waals surface area contributed by atoms with E-state index in [0.717, 1.165) is 23.3 Å². The van der Waals surface area contributed by atoms with Crippen LogP contribution in [0.5, 0.6) is 5.75 Å². The van der Waals surface area contributed by atoms with Gasteiger partial charge in [-0.15, -0.1) is 0 Å². The molecule has 3 rings (SSSR count). The summed E-state index contributed by atoms with van der Waals surface area (Å²) in [6.07, 6.45) is 0. The van der Waals surface area contributed by atoms with Crippen molar-refractivity contribution in [3.8, 4) is 5.75 Å². The van der Waals surface area contributed by atoms with Crippen LogP contribution in [0.3, 0.4) is 0 Å². The number of aryl methyl sites for hydroxylation is 2. The fraction of sp³-hybridized carbons (Fsp3) is 0.143. The van der Waals surface area contributed by atoms with Crippen LogP contribution in [0, 0.1) is 24.0 Å². The molecule has 0 atom stereocenters. The van der Waals surface area contributed by atoms with Crippen LogP contribution in [0.25, 0.3) is 0 Å². The van der Waals surface area contributed by atoms with Crippen molar-refractivity contribution in [1.82, 2.24) is 0 Å². The highest BCUT2D eigenvalue weighted by Crippen LogP contribution is 2.31. The second-order valence-electron chi connectivity index (χ2n) is 6.97. The van der Waals surface area contributed by atoms with Gasteiger partial charge >= 0.3 is 10.1 Å². The molecule has 0 aliphatic carbocycles. The fourth-order valence-corrected chi connectivity index (χ4v) is 5.08. The van der Waals surface area contributed by atoms with Gasteiger partial charge in [-0.05, 0) is 44.2 Å². The van der Waals surface area contributed by atoms with Gasteiger partial charge in [-0.1, -0.05) is 35.4 Å². The summed E-state index contributed by atoms with van der Waals surface area (Å²) in [5.74, 6) is -1.00. The number of nitro benzene ring substituents is 1. The van der Waals surface area contributed by atoms with Crippen LogP contribution in [0.15, 0.2) is 76.5 Å². The van der Waals surface area contributed by atoms with Crippen molar-refractivity contribution >= 4 is 25.6 Å². The largest absolute Gasteiger partial charge is 0.378 e. The monoisotopic (exact) mass is 461 g/mol. The van der Waals surface area contributed by atoms with E-state index in [9.17, 15) is 26.9 Å². The molecule has 162 valence electrons. The predicted molar refractivity (Wildman–Crippen MR) is 114 cm³/mol. The summed E-state index contributed by atoms with van der Waals surface area (Å²) in [6, 6.07) is 15.2. The summed E-state index contributed by atoms with van der Waals surface area (Å²) in [7, 11) is -8.19. The van der Waals surface area contributed by atoms with Crippen LogP contribution in [-0.2, 0) is 25.7 Å². The average molecular weight is 462 g/mol. The molecule has 10 heteroatoms. The molecule has 31 heavy (non-hydrogen) atoms. The number of non-ortho nitro benzene ring substituents is 1. The molecule has 0 fully saturated rings. The number of nitro groups is 1. The Kier molecular flexibility index (Phi) is 6.14. The molecular formula is C21H19NO7S2. The Bertz CT molecular complexity index is 1330. The second kappa shape index (κ2) is 8.48. The third-order valence-electron chi connectivity index (χ3n) is 4.50. The Morgan fingerprint density at radius 2 is 1.32 bits per heavy atom. The van der Waals surface area contributed by atoms with Gasteiger partial charge < -0.3 is 4.18 Å². The van der Waals surface area contributed by atoms with Gasteiger partial charge in [0.25, 0.3) is 5.69 Å². The predicted octanol–water partition coefficient (Wildman–Crippen LogP) is 3.95. The molecule has 0 radical (unpaired) electrons. The maximum absolute atomic E-state index is 12.8. The van der Waals surface area contributed by atoms with Gasteiger partial charge in [0.15, 0.2) is 15.6 Å². The molecule has 0 amide bonds. The third-order valence-corrected chi connectivity index (χ3v) is 7.43. The van der Waals surface area contributed by atoms with Crippen molar-refractivity contribution in [2.24, 2.45) is 0 Å². The molecule has 0 N–H and O–H groups in total. The molecule has 0 aliphatic rings. The molecule has 0 saturated carbocycles. The lowest BCUT2D eigenvalue weighted by Gasteiger charge is -2.12. The lowest BCUT2D eigenvalue weighted by molar-refractivity contribution is -0.384. The number of sulfone groups is 1. The smallest absolute Gasteiger partial charge is 0.339 e. The molecule has 0 unspecified atom stereocenters. The summed E-state index contributed by atoms with van der Waals surface area (Å²) in [4.78, 5) is 10.3. The van der Waals surface area contributed by atoms with Crippen molar-refractivity contribution in [3.63, 3.8) is 0 Å². The molecule has 0 aromatic heterocycles. The second-order valence-corrected chi connectivity index (χ2v) is 10.5. The van der Waals surface area contributed by atoms with Crippen LogP contribution >= 0.6 is 0 Å². The first-order valence-electron chi connectivity index (χ1n) is 9.06.